The highest BCUT2D eigenvalue weighted by Crippen LogP contribution is 2.52. The van der Waals surface area contributed by atoms with Gasteiger partial charge in [0.2, 0.25) is 0 Å². The number of hydrogen-bond donors (Lipinski definition) is 2. The second kappa shape index (κ2) is 12.2. The molecule has 0 aromatic heterocycles. The maximum atomic E-state index is 11.6. The van der Waals surface area contributed by atoms with E-state index in [1.807, 2.05) is 36.4 Å². The molecule has 1 saturated carbocycles. The monoisotopic (exact) mass is 600 g/mol. The highest BCUT2D eigenvalue weighted by atomic mass is 16.3. The topological polar surface area (TPSA) is 46.9 Å². The number of allylic oxidation sites excluding steroid dienone is 1. The van der Waals surface area contributed by atoms with E-state index in [1.54, 1.807) is 0 Å². The number of aliphatic hydroxyl groups is 2. The molecule has 45 heavy (non-hydrogen) atoms. The lowest BCUT2D eigenvalue weighted by molar-refractivity contribution is -0.0947. The number of fused-ring (bicyclic) bond motifs is 1. The molecule has 1 aliphatic carbocycles. The number of hydrogen-bond acceptors (Lipinski definition) is 4. The van der Waals surface area contributed by atoms with Crippen LogP contribution in [0.1, 0.15) is 77.0 Å². The average Bonchev–Trinajstić information content (AvgIpc) is 3.25. The molecule has 2 aliphatic rings. The molecular formula is C41H48N2O2. The van der Waals surface area contributed by atoms with E-state index in [1.165, 1.54) is 22.5 Å². The van der Waals surface area contributed by atoms with Crippen LogP contribution in [0.5, 0.6) is 0 Å². The Morgan fingerprint density at radius 1 is 0.778 bits per heavy atom. The summed E-state index contributed by atoms with van der Waals surface area (Å²) in [5.74, 6) is -0.652. The Labute approximate surface area is 269 Å². The summed E-state index contributed by atoms with van der Waals surface area (Å²) in [6.07, 6.45) is 3.06. The molecule has 0 spiro atoms. The van der Waals surface area contributed by atoms with E-state index in [-0.39, 0.29) is 22.7 Å². The second-order valence-corrected chi connectivity index (χ2v) is 14.3. The maximum absolute atomic E-state index is 11.6. The molecule has 2 unspecified atom stereocenters. The fraction of sp³-hybridized carbons (Fsp3) is 0.366. The van der Waals surface area contributed by atoms with E-state index in [0.717, 1.165) is 42.0 Å². The van der Waals surface area contributed by atoms with Gasteiger partial charge in [-0.15, -0.1) is 0 Å². The molecule has 2 N–H and O–H groups in total. The van der Waals surface area contributed by atoms with Crippen LogP contribution in [0.4, 0.5) is 22.7 Å². The lowest BCUT2D eigenvalue weighted by atomic mass is 9.65. The van der Waals surface area contributed by atoms with Crippen LogP contribution in [0.3, 0.4) is 0 Å². The Bertz CT molecular complexity index is 1590. The minimum Gasteiger partial charge on any atom is -0.392 e. The molecule has 0 radical (unpaired) electrons. The molecule has 1 heterocycles. The van der Waals surface area contributed by atoms with Gasteiger partial charge in [-0.2, -0.15) is 0 Å². The van der Waals surface area contributed by atoms with Crippen LogP contribution in [0, 0.1) is 5.92 Å². The predicted molar refractivity (Wildman–Crippen MR) is 188 cm³/mol. The summed E-state index contributed by atoms with van der Waals surface area (Å²) in [6, 6.07) is 35.9. The Hall–Kier alpha value is -3.86. The number of aliphatic hydroxyl groups excluding tert-OH is 2. The first-order valence-corrected chi connectivity index (χ1v) is 16.5. The number of benzene rings is 4. The van der Waals surface area contributed by atoms with Crippen molar-refractivity contribution in [3.8, 4) is 0 Å². The summed E-state index contributed by atoms with van der Waals surface area (Å²) in [5, 5.41) is 23.1. The van der Waals surface area contributed by atoms with Crippen molar-refractivity contribution in [3.63, 3.8) is 0 Å². The van der Waals surface area contributed by atoms with Gasteiger partial charge in [-0.05, 0) is 71.0 Å². The quantitative estimate of drug-likeness (QED) is 0.212. The molecule has 6 rings (SSSR count). The summed E-state index contributed by atoms with van der Waals surface area (Å²) in [6.45, 7) is 14.5. The van der Waals surface area contributed by atoms with E-state index in [9.17, 15) is 10.2 Å². The minimum absolute atomic E-state index is 0.0637. The van der Waals surface area contributed by atoms with Crippen molar-refractivity contribution in [2.24, 2.45) is 5.92 Å². The van der Waals surface area contributed by atoms with Crippen LogP contribution in [0.2, 0.25) is 0 Å². The fourth-order valence-corrected chi connectivity index (χ4v) is 7.16. The largest absolute Gasteiger partial charge is 0.392 e. The molecule has 0 saturated heterocycles. The number of unbranched alkanes of at least 4 members (excludes halogenated alkanes) is 1. The predicted octanol–water partition coefficient (Wildman–Crippen LogP) is 9.37. The van der Waals surface area contributed by atoms with Gasteiger partial charge in [0.1, 0.15) is 0 Å². The maximum Gasteiger partial charge on any atom is 0.0722 e. The zero-order valence-corrected chi connectivity index (χ0v) is 27.6. The summed E-state index contributed by atoms with van der Waals surface area (Å²) in [4.78, 5) is 4.66. The average molecular weight is 601 g/mol. The van der Waals surface area contributed by atoms with Gasteiger partial charge >= 0.3 is 0 Å². The molecule has 0 bridgehead atoms. The van der Waals surface area contributed by atoms with E-state index >= 15 is 0 Å². The lowest BCUT2D eigenvalue weighted by Crippen LogP contribution is -2.53. The molecule has 1 fully saturated rings. The van der Waals surface area contributed by atoms with Crippen LogP contribution in [-0.2, 0) is 10.8 Å². The second-order valence-electron chi connectivity index (χ2n) is 14.3. The fourth-order valence-electron chi connectivity index (χ4n) is 7.16. The van der Waals surface area contributed by atoms with Crippen molar-refractivity contribution >= 4 is 22.7 Å². The summed E-state index contributed by atoms with van der Waals surface area (Å²) in [5.41, 5.74) is 9.09. The first kappa shape index (κ1) is 31.1. The smallest absolute Gasteiger partial charge is 0.0722 e. The van der Waals surface area contributed by atoms with E-state index in [2.05, 4.69) is 124 Å². The van der Waals surface area contributed by atoms with Crippen molar-refractivity contribution in [1.82, 2.24) is 0 Å². The molecule has 4 nitrogen and oxygen atoms in total. The van der Waals surface area contributed by atoms with Gasteiger partial charge in [0.05, 0.1) is 12.2 Å². The Morgan fingerprint density at radius 2 is 1.33 bits per heavy atom. The van der Waals surface area contributed by atoms with Gasteiger partial charge in [-0.25, -0.2) is 0 Å². The molecule has 4 aromatic carbocycles. The third-order valence-corrected chi connectivity index (χ3v) is 9.93. The Balaban J connectivity index is 1.27. The molecule has 234 valence electrons. The van der Waals surface area contributed by atoms with Crippen LogP contribution in [0.25, 0.3) is 0 Å². The van der Waals surface area contributed by atoms with Crippen molar-refractivity contribution in [2.45, 2.75) is 83.3 Å². The third-order valence-electron chi connectivity index (χ3n) is 9.93. The number of nitrogens with zero attached hydrogens (tertiary/aromatic N) is 2. The minimum atomic E-state index is -0.657. The number of rotatable bonds is 8. The van der Waals surface area contributed by atoms with Gasteiger partial charge in [-0.3, -0.25) is 0 Å². The van der Waals surface area contributed by atoms with Gasteiger partial charge < -0.3 is 20.0 Å². The van der Waals surface area contributed by atoms with Crippen LogP contribution >= 0.6 is 0 Å². The third kappa shape index (κ3) is 5.71. The summed E-state index contributed by atoms with van der Waals surface area (Å²) in [7, 11) is 0. The molecular weight excluding hydrogens is 552 g/mol. The van der Waals surface area contributed by atoms with Crippen LogP contribution in [-0.4, -0.2) is 29.0 Å². The number of para-hydroxylation sites is 2. The molecule has 4 aromatic rings. The standard InChI is InChI=1S/C41H48N2O2/c1-7-8-25-42-35-24-21-29(40(2,3)4)26-34(35)41(5,6)36(42)27-33-38(44)37(39(33)45)28-19-22-32(23-20-28)43(30-15-11-9-12-16-30)31-17-13-10-14-18-31/h9-24,26-27,33,37-39,44-45H,7-8,25H2,1-6H3/b36-27+. The summed E-state index contributed by atoms with van der Waals surface area (Å²) < 4.78 is 0. The molecule has 0 amide bonds. The SMILES string of the molecule is CCCCN1/C(=C/C2C(O)C(c3ccc(N(c4ccccc4)c4ccccc4)cc3)C2O)C(C)(C)c2cc(C(C)(C)C)ccc21. The van der Waals surface area contributed by atoms with Crippen LogP contribution < -0.4 is 9.80 Å². The zero-order valence-electron chi connectivity index (χ0n) is 27.6. The molecule has 1 aliphatic heterocycles. The first-order chi connectivity index (χ1) is 21.5. The van der Waals surface area contributed by atoms with Crippen molar-refractivity contribution < 1.29 is 10.2 Å². The van der Waals surface area contributed by atoms with Gasteiger partial charge in [0.25, 0.3) is 0 Å². The van der Waals surface area contributed by atoms with Crippen molar-refractivity contribution in [2.75, 3.05) is 16.3 Å². The van der Waals surface area contributed by atoms with Gasteiger partial charge in [0.15, 0.2) is 0 Å². The lowest BCUT2D eigenvalue weighted by Gasteiger charge is -2.46. The zero-order chi connectivity index (χ0) is 31.9. The molecule has 4 heteroatoms. The summed E-state index contributed by atoms with van der Waals surface area (Å²) >= 11 is 0. The van der Waals surface area contributed by atoms with Crippen molar-refractivity contribution in [1.29, 1.82) is 0 Å². The van der Waals surface area contributed by atoms with Crippen molar-refractivity contribution in [3.05, 3.63) is 132 Å². The normalized spacial score (nSPS) is 23.1. The number of anilines is 4. The highest BCUT2D eigenvalue weighted by molar-refractivity contribution is 5.76. The van der Waals surface area contributed by atoms with E-state index in [4.69, 9.17) is 0 Å². The van der Waals surface area contributed by atoms with E-state index < -0.39 is 12.2 Å². The van der Waals surface area contributed by atoms with Gasteiger partial charge in [-0.1, -0.05) is 115 Å². The van der Waals surface area contributed by atoms with E-state index in [0.29, 0.717) is 0 Å². The Kier molecular flexibility index (Phi) is 8.41. The Morgan fingerprint density at radius 3 is 1.87 bits per heavy atom. The first-order valence-electron chi connectivity index (χ1n) is 16.5. The highest BCUT2D eigenvalue weighted by Gasteiger charge is 2.50. The van der Waals surface area contributed by atoms with Gasteiger partial charge in [0, 0.05) is 52.2 Å². The van der Waals surface area contributed by atoms with Crippen LogP contribution in [0.15, 0.2) is 115 Å². The molecule has 2 atom stereocenters.